The number of fused-ring (bicyclic) bond motifs is 4. The minimum absolute atomic E-state index is 0.277. The molecule has 0 amide bonds. The van der Waals surface area contributed by atoms with Crippen LogP contribution in [0.15, 0.2) is 18.5 Å². The molecule has 8 rings (SSSR count). The van der Waals surface area contributed by atoms with Gasteiger partial charge in [0.15, 0.2) is 0 Å². The molecule has 8 heteroatoms. The van der Waals surface area contributed by atoms with E-state index in [9.17, 15) is 0 Å². The number of nitrogens with zero attached hydrogens (tertiary/aromatic N) is 6. The molecule has 7 heterocycles. The van der Waals surface area contributed by atoms with E-state index in [1.807, 2.05) is 0 Å². The van der Waals surface area contributed by atoms with Gasteiger partial charge in [-0.25, -0.2) is 15.0 Å². The van der Waals surface area contributed by atoms with Crippen LogP contribution in [0.1, 0.15) is 25.7 Å². The maximum Gasteiger partial charge on any atom is 0.228 e. The van der Waals surface area contributed by atoms with Crippen molar-refractivity contribution in [2.75, 3.05) is 35.2 Å². The maximum absolute atomic E-state index is 5.88. The van der Waals surface area contributed by atoms with Crippen LogP contribution in [-0.4, -0.2) is 57.8 Å². The zero-order valence-electron chi connectivity index (χ0n) is 15.2. The number of hydrogen-bond acceptors (Lipinski definition) is 8. The second kappa shape index (κ2) is 5.76. The van der Waals surface area contributed by atoms with Gasteiger partial charge in [-0.1, -0.05) is 0 Å². The molecule has 5 aliphatic heterocycles. The monoisotopic (exact) mass is 365 g/mol. The summed E-state index contributed by atoms with van der Waals surface area (Å²) in [6.07, 6.45) is 8.66. The molecule has 0 spiro atoms. The number of ether oxygens (including phenoxy) is 1. The Morgan fingerprint density at radius 2 is 1.85 bits per heavy atom. The Morgan fingerprint density at radius 3 is 2.48 bits per heavy atom. The first kappa shape index (κ1) is 15.6. The number of aromatic nitrogens is 4. The largest absolute Gasteiger partial charge is 0.374 e. The second-order valence-corrected chi connectivity index (χ2v) is 8.22. The highest BCUT2D eigenvalue weighted by Gasteiger charge is 2.44. The number of nitrogens with two attached hydrogens (primary N) is 1. The lowest BCUT2D eigenvalue weighted by Crippen LogP contribution is -2.55. The van der Waals surface area contributed by atoms with Gasteiger partial charge in [-0.15, -0.1) is 0 Å². The van der Waals surface area contributed by atoms with Gasteiger partial charge in [-0.2, -0.15) is 4.98 Å². The summed E-state index contributed by atoms with van der Waals surface area (Å²) in [5.41, 5.74) is 7.40. The lowest BCUT2D eigenvalue weighted by Gasteiger charge is -2.45. The molecule has 27 heavy (non-hydrogen) atoms. The van der Waals surface area contributed by atoms with Gasteiger partial charge in [0.25, 0.3) is 0 Å². The molecular formula is C19H23N7O. The second-order valence-electron chi connectivity index (χ2n) is 8.22. The van der Waals surface area contributed by atoms with Crippen molar-refractivity contribution in [2.24, 2.45) is 5.92 Å². The predicted octanol–water partition coefficient (Wildman–Crippen LogP) is 1.48. The van der Waals surface area contributed by atoms with Gasteiger partial charge in [-0.3, -0.25) is 0 Å². The van der Waals surface area contributed by atoms with Gasteiger partial charge < -0.3 is 20.3 Å². The van der Waals surface area contributed by atoms with Crippen molar-refractivity contribution in [3.8, 4) is 11.3 Å². The van der Waals surface area contributed by atoms with E-state index in [4.69, 9.17) is 20.4 Å². The van der Waals surface area contributed by atoms with E-state index in [1.54, 1.807) is 12.4 Å². The van der Waals surface area contributed by atoms with Gasteiger partial charge in [0.1, 0.15) is 5.82 Å². The van der Waals surface area contributed by atoms with E-state index < -0.39 is 0 Å². The fourth-order valence-corrected chi connectivity index (χ4v) is 4.92. The molecule has 2 N–H and O–H groups in total. The third kappa shape index (κ3) is 2.54. The maximum atomic E-state index is 5.88. The summed E-state index contributed by atoms with van der Waals surface area (Å²) in [5, 5.41) is 0. The SMILES string of the molecule is Nc1ncc(-c2cc(N3C[C@@H]4CC[C@H]3CO4)nc(N3CC4CC3C4)n2)cn1. The molecule has 6 fully saturated rings. The molecule has 2 aromatic rings. The highest BCUT2D eigenvalue weighted by Crippen LogP contribution is 2.43. The first-order valence-electron chi connectivity index (χ1n) is 9.85. The zero-order valence-corrected chi connectivity index (χ0v) is 15.2. The van der Waals surface area contributed by atoms with Crippen LogP contribution in [0, 0.1) is 5.92 Å². The molecule has 8 nitrogen and oxygen atoms in total. The fraction of sp³-hybridized carbons (Fsp3) is 0.579. The Morgan fingerprint density at radius 1 is 1.00 bits per heavy atom. The quantitative estimate of drug-likeness (QED) is 0.874. The summed E-state index contributed by atoms with van der Waals surface area (Å²) in [5.74, 6) is 2.92. The lowest BCUT2D eigenvalue weighted by molar-refractivity contribution is -0.0228. The first-order valence-corrected chi connectivity index (χ1v) is 9.85. The van der Waals surface area contributed by atoms with Crippen LogP contribution < -0.4 is 15.5 Å². The zero-order chi connectivity index (χ0) is 18.0. The number of piperidine rings is 1. The van der Waals surface area contributed by atoms with Gasteiger partial charge >= 0.3 is 0 Å². The number of morpholine rings is 1. The van der Waals surface area contributed by atoms with Gasteiger partial charge in [0.2, 0.25) is 11.9 Å². The molecule has 1 saturated carbocycles. The Bertz CT molecular complexity index is 859. The third-order valence-electron chi connectivity index (χ3n) is 6.51. The van der Waals surface area contributed by atoms with Crippen LogP contribution in [0.2, 0.25) is 0 Å². The molecule has 0 radical (unpaired) electrons. The van der Waals surface area contributed by atoms with Gasteiger partial charge in [0.05, 0.1) is 24.4 Å². The standard InChI is InChI=1S/C19H23N7O/c20-18-21-6-12(7-22-18)16-5-17(25-9-15-2-1-13(25)10-27-15)24-19(23-16)26-8-11-3-14(26)4-11/h5-7,11,13-15H,1-4,8-10H2,(H2,20,21,22)/t11?,13-,14?,15-/m0/s1. The van der Waals surface area contributed by atoms with E-state index in [1.165, 1.54) is 19.3 Å². The van der Waals surface area contributed by atoms with Crippen molar-refractivity contribution in [3.63, 3.8) is 0 Å². The highest BCUT2D eigenvalue weighted by molar-refractivity contribution is 5.65. The Labute approximate surface area is 157 Å². The summed E-state index contributed by atoms with van der Waals surface area (Å²) in [4.78, 5) is 23.0. The molecule has 0 aromatic carbocycles. The van der Waals surface area contributed by atoms with Crippen LogP contribution in [0.3, 0.4) is 0 Å². The number of rotatable bonds is 3. The van der Waals surface area contributed by atoms with Crippen molar-refractivity contribution in [1.29, 1.82) is 0 Å². The highest BCUT2D eigenvalue weighted by atomic mass is 16.5. The Balaban J connectivity index is 1.42. The van der Waals surface area contributed by atoms with Crippen LogP contribution in [0.25, 0.3) is 11.3 Å². The summed E-state index contributed by atoms with van der Waals surface area (Å²) < 4.78 is 5.88. The molecule has 6 aliphatic rings. The third-order valence-corrected chi connectivity index (χ3v) is 6.51. The van der Waals surface area contributed by atoms with Crippen molar-refractivity contribution in [3.05, 3.63) is 18.5 Å². The van der Waals surface area contributed by atoms with E-state index in [0.29, 0.717) is 18.2 Å². The minimum Gasteiger partial charge on any atom is -0.374 e. The van der Waals surface area contributed by atoms with E-state index in [2.05, 4.69) is 25.8 Å². The van der Waals surface area contributed by atoms with Crippen LogP contribution in [0.5, 0.6) is 0 Å². The van der Waals surface area contributed by atoms with E-state index >= 15 is 0 Å². The molecule has 0 unspecified atom stereocenters. The summed E-state index contributed by atoms with van der Waals surface area (Å²) in [6.45, 7) is 2.77. The number of nitrogen functional groups attached to an aromatic ring is 1. The molecule has 2 aromatic heterocycles. The van der Waals surface area contributed by atoms with E-state index in [-0.39, 0.29) is 5.95 Å². The fourth-order valence-electron chi connectivity index (χ4n) is 4.92. The summed E-state index contributed by atoms with van der Waals surface area (Å²) in [7, 11) is 0. The summed E-state index contributed by atoms with van der Waals surface area (Å²) in [6, 6.07) is 3.07. The molecule has 1 aliphatic carbocycles. The summed E-state index contributed by atoms with van der Waals surface area (Å²) >= 11 is 0. The van der Waals surface area contributed by atoms with Gasteiger partial charge in [0, 0.05) is 43.2 Å². The molecule has 4 bridgehead atoms. The van der Waals surface area contributed by atoms with Crippen LogP contribution >= 0.6 is 0 Å². The van der Waals surface area contributed by atoms with Crippen molar-refractivity contribution < 1.29 is 4.74 Å². The smallest absolute Gasteiger partial charge is 0.228 e. The van der Waals surface area contributed by atoms with E-state index in [0.717, 1.165) is 55.1 Å². The van der Waals surface area contributed by atoms with Crippen LogP contribution in [0.4, 0.5) is 17.7 Å². The van der Waals surface area contributed by atoms with Crippen LogP contribution in [-0.2, 0) is 4.74 Å². The molecule has 5 saturated heterocycles. The average Bonchev–Trinajstić information content (AvgIpc) is 3.30. The van der Waals surface area contributed by atoms with Crippen molar-refractivity contribution >= 4 is 17.7 Å². The number of hydrogen-bond donors (Lipinski definition) is 1. The Kier molecular flexibility index (Phi) is 3.32. The average molecular weight is 365 g/mol. The predicted molar refractivity (Wildman–Crippen MR) is 101 cm³/mol. The number of anilines is 3. The van der Waals surface area contributed by atoms with Crippen molar-refractivity contribution in [1.82, 2.24) is 19.9 Å². The first-order chi connectivity index (χ1) is 13.2. The molecule has 140 valence electrons. The van der Waals surface area contributed by atoms with Gasteiger partial charge in [-0.05, 0) is 31.6 Å². The normalized spacial score (nSPS) is 31.3. The molecule has 2 atom stereocenters. The topological polar surface area (TPSA) is 93.3 Å². The van der Waals surface area contributed by atoms with Crippen molar-refractivity contribution in [2.45, 2.75) is 43.9 Å². The Hall–Kier alpha value is -2.48. The molecular weight excluding hydrogens is 342 g/mol. The lowest BCUT2D eigenvalue weighted by atomic mass is 9.86. The minimum atomic E-state index is 0.277.